The van der Waals surface area contributed by atoms with Crippen molar-refractivity contribution in [3.05, 3.63) is 63.1 Å². The number of aromatic nitrogens is 3. The number of nitrogens with zero attached hydrogens (tertiary/aromatic N) is 3. The van der Waals surface area contributed by atoms with Gasteiger partial charge in [-0.3, -0.25) is 4.79 Å². The fourth-order valence-corrected chi connectivity index (χ4v) is 3.26. The zero-order valence-corrected chi connectivity index (χ0v) is 15.1. The molecule has 1 aromatic carbocycles. The van der Waals surface area contributed by atoms with Crippen LogP contribution in [0.2, 0.25) is 5.02 Å². The molecule has 1 amide bonds. The molecular formula is C17H13ClF2N4OS. The molecule has 1 N–H and O–H groups in total. The molecule has 0 aliphatic carbocycles. The molecule has 3 rings (SSSR count). The van der Waals surface area contributed by atoms with Crippen molar-refractivity contribution in [1.82, 2.24) is 20.3 Å². The van der Waals surface area contributed by atoms with E-state index in [2.05, 4.69) is 20.3 Å². The van der Waals surface area contributed by atoms with Crippen molar-refractivity contribution in [3.63, 3.8) is 0 Å². The third-order valence-electron chi connectivity index (χ3n) is 3.60. The number of thiazole rings is 1. The fourth-order valence-electron chi connectivity index (χ4n) is 2.28. The zero-order valence-electron chi connectivity index (χ0n) is 13.5. The van der Waals surface area contributed by atoms with Gasteiger partial charge in [-0.1, -0.05) is 11.6 Å². The summed E-state index contributed by atoms with van der Waals surface area (Å²) in [5.41, 5.74) is 2.81. The van der Waals surface area contributed by atoms with Crippen LogP contribution in [0.5, 0.6) is 0 Å². The van der Waals surface area contributed by atoms with Gasteiger partial charge in [0.2, 0.25) is 0 Å². The highest BCUT2D eigenvalue weighted by Crippen LogP contribution is 2.25. The maximum Gasteiger partial charge on any atom is 0.252 e. The number of amides is 1. The molecule has 0 aliphatic heterocycles. The van der Waals surface area contributed by atoms with Crippen molar-refractivity contribution < 1.29 is 13.6 Å². The molecule has 0 unspecified atom stereocenters. The number of benzene rings is 1. The third-order valence-corrected chi connectivity index (χ3v) is 4.94. The summed E-state index contributed by atoms with van der Waals surface area (Å²) in [6.45, 7) is 1.51. The number of rotatable bonds is 5. The first kappa shape index (κ1) is 18.3. The van der Waals surface area contributed by atoms with E-state index in [1.165, 1.54) is 23.5 Å². The maximum atomic E-state index is 14.3. The minimum absolute atomic E-state index is 0.158. The highest BCUT2D eigenvalue weighted by molar-refractivity contribution is 7.09. The average molecular weight is 395 g/mol. The van der Waals surface area contributed by atoms with Gasteiger partial charge in [0.1, 0.15) is 0 Å². The molecule has 1 atom stereocenters. The number of carbonyl (C=O) groups is 1. The number of nitrogens with one attached hydrogen (secondary N) is 1. The Morgan fingerprint density at radius 2 is 2.04 bits per heavy atom. The molecular weight excluding hydrogens is 382 g/mol. The minimum Gasteiger partial charge on any atom is -0.349 e. The Morgan fingerprint density at radius 3 is 2.69 bits per heavy atom. The number of hydrogen-bond acceptors (Lipinski definition) is 5. The van der Waals surface area contributed by atoms with Gasteiger partial charge in [-0.2, -0.15) is 0 Å². The second kappa shape index (κ2) is 7.84. The summed E-state index contributed by atoms with van der Waals surface area (Å²) < 4.78 is 27.2. The minimum atomic E-state index is -1.35. The average Bonchev–Trinajstić information content (AvgIpc) is 3.06. The van der Waals surface area contributed by atoms with Crippen LogP contribution in [0, 0.1) is 12.7 Å². The van der Waals surface area contributed by atoms with Gasteiger partial charge in [-0.05, 0) is 25.1 Å². The molecule has 2 heterocycles. The molecule has 0 aliphatic rings. The Bertz CT molecular complexity index is 933. The highest BCUT2D eigenvalue weighted by atomic mass is 35.5. The Labute approximate surface area is 157 Å². The van der Waals surface area contributed by atoms with Gasteiger partial charge in [0, 0.05) is 5.56 Å². The molecule has 134 valence electrons. The Hall–Kier alpha value is -2.45. The summed E-state index contributed by atoms with van der Waals surface area (Å²) in [4.78, 5) is 24.6. The van der Waals surface area contributed by atoms with Gasteiger partial charge in [-0.15, -0.1) is 11.3 Å². The van der Waals surface area contributed by atoms with Gasteiger partial charge < -0.3 is 5.32 Å². The molecule has 2 aromatic heterocycles. The van der Waals surface area contributed by atoms with Crippen LogP contribution in [-0.2, 0) is 0 Å². The van der Waals surface area contributed by atoms with Gasteiger partial charge in [0.15, 0.2) is 17.8 Å². The van der Waals surface area contributed by atoms with Crippen LogP contribution in [0.15, 0.2) is 36.1 Å². The van der Waals surface area contributed by atoms with E-state index in [0.717, 1.165) is 12.4 Å². The van der Waals surface area contributed by atoms with Crippen LogP contribution in [0.4, 0.5) is 8.78 Å². The van der Waals surface area contributed by atoms with Crippen LogP contribution in [0.1, 0.15) is 27.1 Å². The van der Waals surface area contributed by atoms with Crippen molar-refractivity contribution >= 4 is 28.8 Å². The summed E-state index contributed by atoms with van der Waals surface area (Å²) in [6, 6.07) is 4.61. The van der Waals surface area contributed by atoms with E-state index in [9.17, 15) is 13.6 Å². The molecule has 0 spiro atoms. The first-order valence-corrected chi connectivity index (χ1v) is 8.81. The molecule has 0 bridgehead atoms. The van der Waals surface area contributed by atoms with Gasteiger partial charge in [0.25, 0.3) is 5.91 Å². The first-order valence-electron chi connectivity index (χ1n) is 7.55. The fraction of sp³-hybridized carbons (Fsp3) is 0.176. The molecule has 3 aromatic rings. The van der Waals surface area contributed by atoms with E-state index in [1.54, 1.807) is 18.5 Å². The van der Waals surface area contributed by atoms with Gasteiger partial charge >= 0.3 is 0 Å². The van der Waals surface area contributed by atoms with E-state index in [-0.39, 0.29) is 23.0 Å². The normalized spacial score (nSPS) is 12.0. The Morgan fingerprint density at radius 1 is 1.31 bits per heavy atom. The summed E-state index contributed by atoms with van der Waals surface area (Å²) in [5.74, 6) is -0.836. The summed E-state index contributed by atoms with van der Waals surface area (Å²) in [6.07, 6.45) is 0.706. The molecule has 0 saturated carbocycles. The molecule has 26 heavy (non-hydrogen) atoms. The number of hydrogen-bond donors (Lipinski definition) is 1. The maximum absolute atomic E-state index is 14.3. The van der Waals surface area contributed by atoms with Crippen molar-refractivity contribution in [1.29, 1.82) is 0 Å². The monoisotopic (exact) mass is 394 g/mol. The third kappa shape index (κ3) is 4.03. The largest absolute Gasteiger partial charge is 0.349 e. The summed E-state index contributed by atoms with van der Waals surface area (Å²) >= 11 is 7.28. The van der Waals surface area contributed by atoms with Crippen molar-refractivity contribution in [2.75, 3.05) is 6.54 Å². The lowest BCUT2D eigenvalue weighted by Gasteiger charge is -2.11. The van der Waals surface area contributed by atoms with Crippen molar-refractivity contribution in [3.8, 4) is 11.4 Å². The number of halogens is 3. The predicted molar refractivity (Wildman–Crippen MR) is 95.5 cm³/mol. The lowest BCUT2D eigenvalue weighted by Crippen LogP contribution is -2.27. The summed E-state index contributed by atoms with van der Waals surface area (Å²) in [7, 11) is 0. The molecule has 9 heteroatoms. The van der Waals surface area contributed by atoms with E-state index < -0.39 is 17.9 Å². The van der Waals surface area contributed by atoms with Crippen molar-refractivity contribution in [2.24, 2.45) is 0 Å². The van der Waals surface area contributed by atoms with Gasteiger partial charge in [-0.25, -0.2) is 23.7 Å². The Kier molecular flexibility index (Phi) is 5.53. The van der Waals surface area contributed by atoms with E-state index in [0.29, 0.717) is 16.1 Å². The predicted octanol–water partition coefficient (Wildman–Crippen LogP) is 4.14. The second-order valence-corrected chi connectivity index (χ2v) is 6.69. The van der Waals surface area contributed by atoms with Crippen LogP contribution < -0.4 is 5.32 Å². The summed E-state index contributed by atoms with van der Waals surface area (Å²) in [5, 5.41) is 2.73. The van der Waals surface area contributed by atoms with Gasteiger partial charge in [0.05, 0.1) is 45.6 Å². The van der Waals surface area contributed by atoms with E-state index in [1.807, 2.05) is 0 Å². The lowest BCUT2D eigenvalue weighted by molar-refractivity contribution is 0.0942. The smallest absolute Gasteiger partial charge is 0.252 e. The zero-order chi connectivity index (χ0) is 18.7. The standard InChI is InChI=1S/C17H13ClF2N4OS/c1-9-15(26-8-24-9)14(20)7-23-17(25)12-4-10(2-3-13(12)18)16-21-5-11(19)6-22-16/h2-6,8,14H,7H2,1H3,(H,23,25)/t14-/m0/s1. The van der Waals surface area contributed by atoms with E-state index in [4.69, 9.17) is 11.6 Å². The number of carbonyl (C=O) groups excluding carboxylic acids is 1. The lowest BCUT2D eigenvalue weighted by atomic mass is 10.1. The SMILES string of the molecule is Cc1ncsc1[C@@H](F)CNC(=O)c1cc(-c2ncc(F)cn2)ccc1Cl. The molecule has 0 fully saturated rings. The number of alkyl halides is 1. The Balaban J connectivity index is 1.75. The van der Waals surface area contributed by atoms with Crippen LogP contribution >= 0.6 is 22.9 Å². The highest BCUT2D eigenvalue weighted by Gasteiger charge is 2.18. The van der Waals surface area contributed by atoms with Crippen molar-refractivity contribution in [2.45, 2.75) is 13.1 Å². The molecule has 0 saturated heterocycles. The van der Waals surface area contributed by atoms with E-state index >= 15 is 0 Å². The quantitative estimate of drug-likeness (QED) is 0.706. The molecule has 5 nitrogen and oxygen atoms in total. The molecule has 0 radical (unpaired) electrons. The van der Waals surface area contributed by atoms with Crippen LogP contribution in [0.3, 0.4) is 0 Å². The second-order valence-electron chi connectivity index (χ2n) is 5.40. The first-order chi connectivity index (χ1) is 12.5. The number of aryl methyl sites for hydroxylation is 1. The van der Waals surface area contributed by atoms with Crippen LogP contribution in [-0.4, -0.2) is 27.4 Å². The topological polar surface area (TPSA) is 67.8 Å². The van der Waals surface area contributed by atoms with Crippen LogP contribution in [0.25, 0.3) is 11.4 Å².